The van der Waals surface area contributed by atoms with E-state index in [9.17, 15) is 18.0 Å². The van der Waals surface area contributed by atoms with Crippen LogP contribution in [-0.4, -0.2) is 32.6 Å². The van der Waals surface area contributed by atoms with E-state index >= 15 is 0 Å². The lowest BCUT2D eigenvalue weighted by molar-refractivity contribution is -0.131. The van der Waals surface area contributed by atoms with Crippen LogP contribution in [0.5, 0.6) is 5.75 Å². The molecule has 0 saturated heterocycles. The maximum absolute atomic E-state index is 12.9. The van der Waals surface area contributed by atoms with E-state index in [0.717, 1.165) is 12.0 Å². The van der Waals surface area contributed by atoms with Gasteiger partial charge in [-0.25, -0.2) is 13.2 Å². The molecule has 8 heteroatoms. The maximum atomic E-state index is 12.9. The Morgan fingerprint density at radius 3 is 1.94 bits per heavy atom. The predicted octanol–water partition coefficient (Wildman–Crippen LogP) is 5.12. The lowest BCUT2D eigenvalue weighted by Crippen LogP contribution is -2.35. The molecule has 0 aliphatic rings. The number of hydrogen-bond acceptors (Lipinski definition) is 6. The van der Waals surface area contributed by atoms with Crippen molar-refractivity contribution in [3.63, 3.8) is 0 Å². The van der Waals surface area contributed by atoms with Crippen LogP contribution in [0, 0.1) is 0 Å². The Morgan fingerprint density at radius 2 is 1.36 bits per heavy atom. The summed E-state index contributed by atoms with van der Waals surface area (Å²) >= 11 is 0. The van der Waals surface area contributed by atoms with Crippen molar-refractivity contribution >= 4 is 21.9 Å². The zero-order valence-corrected chi connectivity index (χ0v) is 21.5. The number of carbonyl (C=O) groups is 2. The fourth-order valence-electron chi connectivity index (χ4n) is 3.56. The van der Waals surface area contributed by atoms with E-state index in [2.05, 4.69) is 5.32 Å². The van der Waals surface area contributed by atoms with Gasteiger partial charge in [-0.3, -0.25) is 4.79 Å². The second kappa shape index (κ2) is 11.9. The Kier molecular flexibility index (Phi) is 8.88. The van der Waals surface area contributed by atoms with Gasteiger partial charge in [0.25, 0.3) is 0 Å². The van der Waals surface area contributed by atoms with Crippen molar-refractivity contribution in [2.75, 3.05) is 6.54 Å². The second-order valence-corrected chi connectivity index (χ2v) is 11.0. The van der Waals surface area contributed by atoms with Crippen LogP contribution in [0.1, 0.15) is 38.3 Å². The molecule has 36 heavy (non-hydrogen) atoms. The second-order valence-electron chi connectivity index (χ2n) is 9.02. The minimum absolute atomic E-state index is 0.102. The summed E-state index contributed by atoms with van der Waals surface area (Å²) in [4.78, 5) is 23.5. The van der Waals surface area contributed by atoms with Crippen molar-refractivity contribution < 1.29 is 27.5 Å². The zero-order chi connectivity index (χ0) is 26.2. The van der Waals surface area contributed by atoms with Crippen LogP contribution in [-0.2, 0) is 32.2 Å². The van der Waals surface area contributed by atoms with Crippen LogP contribution in [0.25, 0.3) is 0 Å². The Balaban J connectivity index is 1.48. The molecule has 0 aliphatic heterocycles. The molecular weight excluding hydrogens is 478 g/mol. The van der Waals surface area contributed by atoms with E-state index in [0.29, 0.717) is 19.4 Å². The van der Waals surface area contributed by atoms with Crippen LogP contribution < -0.4 is 10.1 Å². The number of sulfone groups is 1. The number of amides is 1. The predicted molar refractivity (Wildman–Crippen MR) is 137 cm³/mol. The summed E-state index contributed by atoms with van der Waals surface area (Å²) in [5.74, 6) is -0.196. The molecule has 0 aliphatic carbocycles. The van der Waals surface area contributed by atoms with E-state index in [1.807, 2.05) is 44.2 Å². The molecule has 1 amide bonds. The fraction of sp³-hybridized carbons (Fsp3) is 0.286. The van der Waals surface area contributed by atoms with Crippen LogP contribution in [0.15, 0.2) is 88.7 Å². The molecule has 0 unspecified atom stereocenters. The number of esters is 1. The lowest BCUT2D eigenvalue weighted by Gasteiger charge is -2.25. The van der Waals surface area contributed by atoms with E-state index < -0.39 is 27.5 Å². The van der Waals surface area contributed by atoms with Gasteiger partial charge < -0.3 is 14.8 Å². The van der Waals surface area contributed by atoms with Crippen LogP contribution >= 0.6 is 0 Å². The number of ether oxygens (including phenoxy) is 2. The summed E-state index contributed by atoms with van der Waals surface area (Å²) < 4.78 is 36.3. The van der Waals surface area contributed by atoms with Crippen LogP contribution in [0.4, 0.5) is 4.79 Å². The number of aryl methyl sites for hydroxylation is 1. The standard InChI is InChI=1S/C28H31NO6S/c1-21(30)34-24-11-15-26(16-12-24)36(32,33)25-13-9-23(10-14-25)18-20-29-27(31)35-28(2,3)19-17-22-7-5-4-6-8-22/h4-16H,17-20H2,1-3H3,(H,29,31). The molecule has 0 radical (unpaired) electrons. The molecule has 0 bridgehead atoms. The Hall–Kier alpha value is -3.65. The third kappa shape index (κ3) is 7.95. The first-order valence-electron chi connectivity index (χ1n) is 11.7. The summed E-state index contributed by atoms with van der Waals surface area (Å²) in [6, 6.07) is 22.2. The van der Waals surface area contributed by atoms with E-state index in [1.165, 1.54) is 48.9 Å². The number of hydrogen-bond donors (Lipinski definition) is 1. The van der Waals surface area contributed by atoms with Gasteiger partial charge in [0, 0.05) is 13.5 Å². The molecule has 7 nitrogen and oxygen atoms in total. The smallest absolute Gasteiger partial charge is 0.407 e. The number of rotatable bonds is 10. The fourth-order valence-corrected chi connectivity index (χ4v) is 4.82. The average Bonchev–Trinajstić information content (AvgIpc) is 2.83. The van der Waals surface area contributed by atoms with E-state index in [-0.39, 0.29) is 15.5 Å². The highest BCUT2D eigenvalue weighted by atomic mass is 32.2. The van der Waals surface area contributed by atoms with Crippen molar-refractivity contribution in [3.05, 3.63) is 90.0 Å². The number of alkyl carbamates (subject to hydrolysis) is 1. The van der Waals surface area contributed by atoms with Crippen molar-refractivity contribution in [2.45, 2.75) is 55.4 Å². The van der Waals surface area contributed by atoms with Gasteiger partial charge in [0.15, 0.2) is 0 Å². The van der Waals surface area contributed by atoms with Gasteiger partial charge in [-0.2, -0.15) is 0 Å². The SMILES string of the molecule is CC(=O)Oc1ccc(S(=O)(=O)c2ccc(CCNC(=O)OC(C)(C)CCc3ccccc3)cc2)cc1. The normalized spacial score (nSPS) is 11.5. The summed E-state index contributed by atoms with van der Waals surface area (Å²) in [5, 5.41) is 2.76. The Labute approximate surface area is 212 Å². The first kappa shape index (κ1) is 26.9. The monoisotopic (exact) mass is 509 g/mol. The molecule has 0 aromatic heterocycles. The molecule has 3 aromatic carbocycles. The number of carbonyl (C=O) groups excluding carboxylic acids is 2. The van der Waals surface area contributed by atoms with Gasteiger partial charge >= 0.3 is 12.1 Å². The Bertz CT molecular complexity index is 1270. The molecule has 0 fully saturated rings. The highest BCUT2D eigenvalue weighted by Gasteiger charge is 2.22. The summed E-state index contributed by atoms with van der Waals surface area (Å²) in [6.45, 7) is 5.41. The van der Waals surface area contributed by atoms with Crippen LogP contribution in [0.3, 0.4) is 0 Å². The minimum Gasteiger partial charge on any atom is -0.444 e. The summed E-state index contributed by atoms with van der Waals surface area (Å²) in [6.07, 6.45) is 1.56. The molecule has 1 N–H and O–H groups in total. The Morgan fingerprint density at radius 1 is 0.806 bits per heavy atom. The third-order valence-corrected chi connectivity index (χ3v) is 7.33. The van der Waals surface area contributed by atoms with Gasteiger partial charge in [-0.1, -0.05) is 42.5 Å². The van der Waals surface area contributed by atoms with E-state index in [1.54, 1.807) is 12.1 Å². The van der Waals surface area contributed by atoms with Gasteiger partial charge in [-0.15, -0.1) is 0 Å². The summed E-state index contributed by atoms with van der Waals surface area (Å²) in [7, 11) is -3.71. The number of nitrogens with one attached hydrogen (secondary N) is 1. The van der Waals surface area contributed by atoms with Gasteiger partial charge in [0.05, 0.1) is 9.79 Å². The lowest BCUT2D eigenvalue weighted by atomic mass is 9.99. The molecule has 3 aromatic rings. The molecule has 3 rings (SSSR count). The zero-order valence-electron chi connectivity index (χ0n) is 20.7. The molecular formula is C28H31NO6S. The molecule has 0 heterocycles. The largest absolute Gasteiger partial charge is 0.444 e. The molecule has 190 valence electrons. The highest BCUT2D eigenvalue weighted by molar-refractivity contribution is 7.91. The minimum atomic E-state index is -3.71. The van der Waals surface area contributed by atoms with Crippen LogP contribution in [0.2, 0.25) is 0 Å². The van der Waals surface area contributed by atoms with Gasteiger partial charge in [0.1, 0.15) is 11.4 Å². The first-order chi connectivity index (χ1) is 17.0. The van der Waals surface area contributed by atoms with Gasteiger partial charge in [-0.05, 0) is 80.6 Å². The molecule has 0 spiro atoms. The number of benzene rings is 3. The quantitative estimate of drug-likeness (QED) is 0.301. The third-order valence-electron chi connectivity index (χ3n) is 5.54. The van der Waals surface area contributed by atoms with E-state index in [4.69, 9.17) is 9.47 Å². The molecule has 0 saturated carbocycles. The van der Waals surface area contributed by atoms with Crippen molar-refractivity contribution in [1.82, 2.24) is 5.32 Å². The highest BCUT2D eigenvalue weighted by Crippen LogP contribution is 2.24. The maximum Gasteiger partial charge on any atom is 0.407 e. The topological polar surface area (TPSA) is 98.8 Å². The van der Waals surface area contributed by atoms with Gasteiger partial charge in [0.2, 0.25) is 9.84 Å². The average molecular weight is 510 g/mol. The summed E-state index contributed by atoms with van der Waals surface area (Å²) in [5.41, 5.74) is 1.47. The van der Waals surface area contributed by atoms with Crippen molar-refractivity contribution in [2.24, 2.45) is 0 Å². The molecule has 0 atom stereocenters. The first-order valence-corrected chi connectivity index (χ1v) is 13.2. The van der Waals surface area contributed by atoms with Crippen molar-refractivity contribution in [3.8, 4) is 5.75 Å². The van der Waals surface area contributed by atoms with Crippen molar-refractivity contribution in [1.29, 1.82) is 0 Å².